The van der Waals surface area contributed by atoms with E-state index < -0.39 is 6.04 Å². The lowest BCUT2D eigenvalue weighted by molar-refractivity contribution is -0.122. The molecule has 7 nitrogen and oxygen atoms in total. The van der Waals surface area contributed by atoms with E-state index in [9.17, 15) is 9.59 Å². The maximum atomic E-state index is 12.4. The van der Waals surface area contributed by atoms with Gasteiger partial charge in [-0.05, 0) is 19.1 Å². The van der Waals surface area contributed by atoms with Crippen LogP contribution in [-0.4, -0.2) is 48.1 Å². The predicted molar refractivity (Wildman–Crippen MR) is 95.4 cm³/mol. The van der Waals surface area contributed by atoms with Crippen LogP contribution in [0, 0.1) is 0 Å². The minimum atomic E-state index is -0.662. The van der Waals surface area contributed by atoms with Crippen LogP contribution in [-0.2, 0) is 9.53 Å². The number of benzene rings is 1. The monoisotopic (exact) mass is 340 g/mol. The molecule has 0 saturated heterocycles. The van der Waals surface area contributed by atoms with Gasteiger partial charge in [0.1, 0.15) is 11.7 Å². The molecule has 2 heterocycles. The molecule has 0 aliphatic heterocycles. The number of methoxy groups -OCH3 is 1. The number of hydrogen-bond donors (Lipinski definition) is 3. The molecule has 25 heavy (non-hydrogen) atoms. The molecule has 3 N–H and O–H groups in total. The number of ether oxygens (including phenoxy) is 1. The lowest BCUT2D eigenvalue weighted by Crippen LogP contribution is -2.45. The van der Waals surface area contributed by atoms with E-state index in [1.165, 1.54) is 0 Å². The van der Waals surface area contributed by atoms with Crippen LogP contribution in [0.3, 0.4) is 0 Å². The first kappa shape index (κ1) is 16.9. The predicted octanol–water partition coefficient (Wildman–Crippen LogP) is 1.60. The van der Waals surface area contributed by atoms with Crippen molar-refractivity contribution in [1.29, 1.82) is 0 Å². The van der Waals surface area contributed by atoms with Crippen molar-refractivity contribution in [3.8, 4) is 0 Å². The smallest absolute Gasteiger partial charge is 0.270 e. The summed E-state index contributed by atoms with van der Waals surface area (Å²) in [5.74, 6) is -0.653. The SMILES string of the molecule is COCCNC(=O)C(C)NC(=O)c1cc2c(cn1)[nH]c1ccccc12. The van der Waals surface area contributed by atoms with Crippen LogP contribution in [0.25, 0.3) is 21.8 Å². The van der Waals surface area contributed by atoms with Gasteiger partial charge in [0.05, 0.1) is 18.3 Å². The second kappa shape index (κ2) is 7.31. The number of nitrogens with one attached hydrogen (secondary N) is 3. The van der Waals surface area contributed by atoms with Crippen molar-refractivity contribution in [3.63, 3.8) is 0 Å². The Labute approximate surface area is 144 Å². The number of para-hydroxylation sites is 1. The lowest BCUT2D eigenvalue weighted by atomic mass is 10.1. The molecule has 1 atom stereocenters. The molecule has 3 rings (SSSR count). The number of carbonyl (C=O) groups excluding carboxylic acids is 2. The van der Waals surface area contributed by atoms with E-state index in [-0.39, 0.29) is 17.5 Å². The van der Waals surface area contributed by atoms with Gasteiger partial charge < -0.3 is 20.4 Å². The Hall–Kier alpha value is -2.93. The summed E-state index contributed by atoms with van der Waals surface area (Å²) in [7, 11) is 1.56. The van der Waals surface area contributed by atoms with Crippen LogP contribution in [0.1, 0.15) is 17.4 Å². The summed E-state index contributed by atoms with van der Waals surface area (Å²) < 4.78 is 4.88. The molecule has 7 heteroatoms. The zero-order chi connectivity index (χ0) is 17.8. The number of aromatic nitrogens is 2. The molecule has 0 fully saturated rings. The van der Waals surface area contributed by atoms with E-state index in [0.29, 0.717) is 13.2 Å². The summed E-state index contributed by atoms with van der Waals surface area (Å²) in [5.41, 5.74) is 2.12. The molecule has 2 aromatic heterocycles. The highest BCUT2D eigenvalue weighted by Crippen LogP contribution is 2.24. The third-order valence-corrected chi connectivity index (χ3v) is 3.97. The number of amides is 2. The van der Waals surface area contributed by atoms with Crippen LogP contribution in [0.5, 0.6) is 0 Å². The Bertz CT molecular complexity index is 919. The van der Waals surface area contributed by atoms with Crippen molar-refractivity contribution >= 4 is 33.6 Å². The van der Waals surface area contributed by atoms with Crippen LogP contribution >= 0.6 is 0 Å². The number of hydrogen-bond acceptors (Lipinski definition) is 4. The maximum absolute atomic E-state index is 12.4. The molecule has 130 valence electrons. The van der Waals surface area contributed by atoms with Crippen LogP contribution < -0.4 is 10.6 Å². The first-order valence-electron chi connectivity index (χ1n) is 8.04. The fraction of sp³-hybridized carbons (Fsp3) is 0.278. The molecule has 0 spiro atoms. The minimum absolute atomic E-state index is 0.265. The van der Waals surface area contributed by atoms with E-state index >= 15 is 0 Å². The Balaban J connectivity index is 1.75. The van der Waals surface area contributed by atoms with Crippen molar-refractivity contribution < 1.29 is 14.3 Å². The molecule has 0 saturated carbocycles. The van der Waals surface area contributed by atoms with Gasteiger partial charge in [-0.2, -0.15) is 0 Å². The van der Waals surface area contributed by atoms with Gasteiger partial charge in [0.25, 0.3) is 5.91 Å². The standard InChI is InChI=1S/C18H20N4O3/c1-11(17(23)19-7-8-25-2)21-18(24)15-9-13-12-5-3-4-6-14(12)22-16(13)10-20-15/h3-6,9-11,22H,7-8H2,1-2H3,(H,19,23)(H,21,24). The summed E-state index contributed by atoms with van der Waals surface area (Å²) in [5, 5.41) is 7.30. The van der Waals surface area contributed by atoms with Gasteiger partial charge in [0.2, 0.25) is 5.91 Å². The molecule has 0 aliphatic rings. The lowest BCUT2D eigenvalue weighted by Gasteiger charge is -2.13. The number of nitrogens with zero attached hydrogens (tertiary/aromatic N) is 1. The van der Waals surface area contributed by atoms with Gasteiger partial charge in [-0.3, -0.25) is 9.59 Å². The average Bonchev–Trinajstić information content (AvgIpc) is 2.99. The number of fused-ring (bicyclic) bond motifs is 3. The van der Waals surface area contributed by atoms with Gasteiger partial charge in [0, 0.05) is 29.9 Å². The second-order valence-electron chi connectivity index (χ2n) is 5.76. The zero-order valence-corrected chi connectivity index (χ0v) is 14.1. The van der Waals surface area contributed by atoms with Gasteiger partial charge in [-0.15, -0.1) is 0 Å². The van der Waals surface area contributed by atoms with Gasteiger partial charge in [0.15, 0.2) is 0 Å². The molecule has 0 aliphatic carbocycles. The van der Waals surface area contributed by atoms with E-state index in [2.05, 4.69) is 20.6 Å². The fourth-order valence-corrected chi connectivity index (χ4v) is 2.64. The van der Waals surface area contributed by atoms with Crippen molar-refractivity contribution in [3.05, 3.63) is 42.2 Å². The van der Waals surface area contributed by atoms with E-state index in [0.717, 1.165) is 21.8 Å². The first-order valence-corrected chi connectivity index (χ1v) is 8.04. The molecule has 1 unspecified atom stereocenters. The van der Waals surface area contributed by atoms with Crippen molar-refractivity contribution in [2.45, 2.75) is 13.0 Å². The van der Waals surface area contributed by atoms with Crippen molar-refractivity contribution in [2.24, 2.45) is 0 Å². The summed E-state index contributed by atoms with van der Waals surface area (Å²) in [6.07, 6.45) is 1.63. The number of rotatable bonds is 6. The highest BCUT2D eigenvalue weighted by atomic mass is 16.5. The summed E-state index contributed by atoms with van der Waals surface area (Å²) >= 11 is 0. The molecule has 3 aromatic rings. The Morgan fingerprint density at radius 3 is 2.84 bits per heavy atom. The first-order chi connectivity index (χ1) is 12.1. The number of aromatic amines is 1. The largest absolute Gasteiger partial charge is 0.383 e. The van der Waals surface area contributed by atoms with E-state index in [1.807, 2.05) is 24.3 Å². The topological polar surface area (TPSA) is 96.1 Å². The summed E-state index contributed by atoms with van der Waals surface area (Å²) in [6.45, 7) is 2.45. The molecule has 2 amide bonds. The normalized spacial score (nSPS) is 12.2. The Morgan fingerprint density at radius 2 is 2.04 bits per heavy atom. The van der Waals surface area contributed by atoms with Gasteiger partial charge >= 0.3 is 0 Å². The van der Waals surface area contributed by atoms with E-state index in [1.54, 1.807) is 26.3 Å². The highest BCUT2D eigenvalue weighted by molar-refractivity contribution is 6.09. The molecular weight excluding hydrogens is 320 g/mol. The average molecular weight is 340 g/mol. The number of pyridine rings is 1. The number of H-pyrrole nitrogens is 1. The highest BCUT2D eigenvalue weighted by Gasteiger charge is 2.18. The minimum Gasteiger partial charge on any atom is -0.383 e. The van der Waals surface area contributed by atoms with Crippen molar-refractivity contribution in [2.75, 3.05) is 20.3 Å². The van der Waals surface area contributed by atoms with Gasteiger partial charge in [-0.1, -0.05) is 18.2 Å². The molecular formula is C18H20N4O3. The van der Waals surface area contributed by atoms with Gasteiger partial charge in [-0.25, -0.2) is 4.98 Å². The summed E-state index contributed by atoms with van der Waals surface area (Å²) in [4.78, 5) is 31.8. The third kappa shape index (κ3) is 3.61. The zero-order valence-electron chi connectivity index (χ0n) is 14.1. The third-order valence-electron chi connectivity index (χ3n) is 3.97. The quantitative estimate of drug-likeness (QED) is 0.594. The van der Waals surface area contributed by atoms with Crippen LogP contribution in [0.2, 0.25) is 0 Å². The Kier molecular flexibility index (Phi) is 4.95. The van der Waals surface area contributed by atoms with E-state index in [4.69, 9.17) is 4.74 Å². The van der Waals surface area contributed by atoms with Crippen LogP contribution in [0.4, 0.5) is 0 Å². The number of carbonyl (C=O) groups is 2. The van der Waals surface area contributed by atoms with Crippen LogP contribution in [0.15, 0.2) is 36.5 Å². The maximum Gasteiger partial charge on any atom is 0.270 e. The summed E-state index contributed by atoms with van der Waals surface area (Å²) in [6, 6.07) is 8.93. The molecule has 0 radical (unpaired) electrons. The Morgan fingerprint density at radius 1 is 1.24 bits per heavy atom. The van der Waals surface area contributed by atoms with Crippen molar-refractivity contribution in [1.82, 2.24) is 20.6 Å². The molecule has 0 bridgehead atoms. The molecule has 1 aromatic carbocycles. The second-order valence-corrected chi connectivity index (χ2v) is 5.76. The fourth-order valence-electron chi connectivity index (χ4n) is 2.64.